The molecule has 0 atom stereocenters. The molecule has 0 amide bonds. The fraction of sp³-hybridized carbons (Fsp3) is 0.0769. The predicted molar refractivity (Wildman–Crippen MR) is 178 cm³/mol. The first-order valence-corrected chi connectivity index (χ1v) is 14.9. The van der Waals surface area contributed by atoms with Gasteiger partial charge in [-0.2, -0.15) is 0 Å². The van der Waals surface area contributed by atoms with Crippen molar-refractivity contribution in [3.63, 3.8) is 0 Å². The highest BCUT2D eigenvalue weighted by Gasteiger charge is 2.42. The molecule has 0 spiro atoms. The number of hydrogen-bond donors (Lipinski definition) is 0. The second kappa shape index (κ2) is 12.0. The van der Waals surface area contributed by atoms with Gasteiger partial charge in [0.15, 0.2) is 5.82 Å². The molecule has 218 valence electrons. The molecule has 0 saturated carbocycles. The van der Waals surface area contributed by atoms with Crippen LogP contribution in [0.15, 0.2) is 152 Å². The Morgan fingerprint density at radius 2 is 1.04 bits per heavy atom. The van der Waals surface area contributed by atoms with Crippen molar-refractivity contribution < 1.29 is 4.74 Å². The Labute approximate surface area is 262 Å². The minimum absolute atomic E-state index is 0.665. The Kier molecular flexibility index (Phi) is 7.46. The van der Waals surface area contributed by atoms with Gasteiger partial charge >= 0.3 is 0 Å². The second-order valence-electron chi connectivity index (χ2n) is 10.8. The predicted octanol–water partition coefficient (Wildman–Crippen LogP) is 8.23. The van der Waals surface area contributed by atoms with Gasteiger partial charge in [0.05, 0.1) is 12.8 Å². The number of hydrogen-bond acceptors (Lipinski definition) is 5. The van der Waals surface area contributed by atoms with E-state index in [9.17, 15) is 0 Å². The number of tetrazole rings is 1. The first kappa shape index (κ1) is 27.9. The summed E-state index contributed by atoms with van der Waals surface area (Å²) in [6.45, 7) is 1.96. The summed E-state index contributed by atoms with van der Waals surface area (Å²) in [5.41, 5.74) is 8.26. The maximum atomic E-state index is 5.68. The summed E-state index contributed by atoms with van der Waals surface area (Å²) < 4.78 is 7.66. The lowest BCUT2D eigenvalue weighted by molar-refractivity contribution is 0.411. The smallest absolute Gasteiger partial charge is 0.184 e. The van der Waals surface area contributed by atoms with Gasteiger partial charge in [0.25, 0.3) is 0 Å². The highest BCUT2D eigenvalue weighted by molar-refractivity contribution is 5.83. The van der Waals surface area contributed by atoms with Crippen molar-refractivity contribution in [1.29, 1.82) is 0 Å². The van der Waals surface area contributed by atoms with Crippen LogP contribution in [0.25, 0.3) is 33.6 Å². The van der Waals surface area contributed by atoms with E-state index in [0.717, 1.165) is 56.0 Å². The number of benzene rings is 5. The first-order chi connectivity index (χ1) is 22.2. The molecule has 2 heterocycles. The van der Waals surface area contributed by atoms with Gasteiger partial charge in [-0.05, 0) is 56.8 Å². The molecular formula is C39H31N5O. The topological polar surface area (TPSA) is 65.7 Å². The van der Waals surface area contributed by atoms with Gasteiger partial charge in [-0.3, -0.25) is 4.98 Å². The number of nitrogens with zero attached hydrogens (tertiary/aromatic N) is 5. The summed E-state index contributed by atoms with van der Waals surface area (Å²) in [5, 5.41) is 13.7. The van der Waals surface area contributed by atoms with E-state index in [0.29, 0.717) is 5.82 Å². The Balaban J connectivity index is 1.42. The van der Waals surface area contributed by atoms with E-state index in [2.05, 4.69) is 125 Å². The van der Waals surface area contributed by atoms with Crippen LogP contribution in [0.2, 0.25) is 0 Å². The Morgan fingerprint density at radius 3 is 1.58 bits per heavy atom. The summed E-state index contributed by atoms with van der Waals surface area (Å²) in [7, 11) is 1.68. The van der Waals surface area contributed by atoms with E-state index in [1.165, 1.54) is 0 Å². The second-order valence-corrected chi connectivity index (χ2v) is 10.8. The van der Waals surface area contributed by atoms with E-state index in [1.807, 2.05) is 48.1 Å². The Morgan fingerprint density at radius 1 is 0.556 bits per heavy atom. The molecule has 7 rings (SSSR count). The molecule has 0 fully saturated rings. The average molecular weight is 586 g/mol. The lowest BCUT2D eigenvalue weighted by Gasteiger charge is -2.36. The zero-order valence-electron chi connectivity index (χ0n) is 25.1. The van der Waals surface area contributed by atoms with Crippen LogP contribution >= 0.6 is 0 Å². The third-order valence-electron chi connectivity index (χ3n) is 8.32. The summed E-state index contributed by atoms with van der Waals surface area (Å²) in [5.74, 6) is 1.45. The van der Waals surface area contributed by atoms with E-state index in [1.54, 1.807) is 7.11 Å². The quantitative estimate of drug-likeness (QED) is 0.168. The van der Waals surface area contributed by atoms with Crippen LogP contribution in [0.4, 0.5) is 0 Å². The van der Waals surface area contributed by atoms with Crippen LogP contribution in [-0.2, 0) is 5.54 Å². The standard InChI is InChI=1S/C39H31N5O/c1-28-37(45-2)35(26-27-40-28)30-24-22-29(23-25-30)34-20-12-13-21-36(34)38-41-42-43-44(38)39(31-14-6-3-7-15-31,32-16-8-4-9-17-32)33-18-10-5-11-19-33/h3-27H,1-2H3. The summed E-state index contributed by atoms with van der Waals surface area (Å²) >= 11 is 0. The molecule has 0 aliphatic rings. The van der Waals surface area contributed by atoms with Crippen LogP contribution in [0, 0.1) is 6.92 Å². The maximum absolute atomic E-state index is 5.68. The van der Waals surface area contributed by atoms with Crippen LogP contribution in [0.3, 0.4) is 0 Å². The number of aromatic nitrogens is 5. The van der Waals surface area contributed by atoms with Crippen molar-refractivity contribution in [2.24, 2.45) is 0 Å². The SMILES string of the molecule is COc1c(-c2ccc(-c3ccccc3-c3nnnn3C(c3ccccc3)(c3ccccc3)c3ccccc3)cc2)ccnc1C. The van der Waals surface area contributed by atoms with Crippen molar-refractivity contribution in [1.82, 2.24) is 25.2 Å². The van der Waals surface area contributed by atoms with Gasteiger partial charge in [-0.1, -0.05) is 140 Å². The first-order valence-electron chi connectivity index (χ1n) is 14.9. The summed E-state index contributed by atoms with van der Waals surface area (Å²) in [6.07, 6.45) is 1.81. The molecule has 7 aromatic rings. The zero-order valence-corrected chi connectivity index (χ0v) is 25.1. The largest absolute Gasteiger partial charge is 0.494 e. The molecule has 2 aromatic heterocycles. The highest BCUT2D eigenvalue weighted by atomic mass is 16.5. The third-order valence-corrected chi connectivity index (χ3v) is 8.32. The number of ether oxygens (including phenoxy) is 1. The Hall–Kier alpha value is -5.88. The lowest BCUT2D eigenvalue weighted by atomic mass is 9.77. The van der Waals surface area contributed by atoms with Crippen molar-refractivity contribution >= 4 is 0 Å². The molecule has 0 aliphatic carbocycles. The van der Waals surface area contributed by atoms with Gasteiger partial charge in [0.1, 0.15) is 11.3 Å². The number of pyridine rings is 1. The maximum Gasteiger partial charge on any atom is 0.184 e. The van der Waals surface area contributed by atoms with Crippen molar-refractivity contribution in [2.75, 3.05) is 7.11 Å². The molecule has 45 heavy (non-hydrogen) atoms. The third kappa shape index (κ3) is 4.86. The van der Waals surface area contributed by atoms with Crippen molar-refractivity contribution in [3.8, 4) is 39.4 Å². The monoisotopic (exact) mass is 585 g/mol. The minimum atomic E-state index is -0.838. The minimum Gasteiger partial charge on any atom is -0.494 e. The molecule has 6 heteroatoms. The van der Waals surface area contributed by atoms with E-state index < -0.39 is 5.54 Å². The van der Waals surface area contributed by atoms with Crippen molar-refractivity contribution in [2.45, 2.75) is 12.5 Å². The normalized spacial score (nSPS) is 11.3. The summed E-state index contributed by atoms with van der Waals surface area (Å²) in [4.78, 5) is 4.39. The van der Waals surface area contributed by atoms with Gasteiger partial charge < -0.3 is 4.74 Å². The molecule has 5 aromatic carbocycles. The molecule has 0 unspecified atom stereocenters. The Bertz CT molecular complexity index is 1940. The fourth-order valence-electron chi connectivity index (χ4n) is 6.28. The highest BCUT2D eigenvalue weighted by Crippen LogP contribution is 2.43. The molecule has 0 N–H and O–H groups in total. The summed E-state index contributed by atoms with van der Waals surface area (Å²) in [6, 6.07) is 50.1. The number of rotatable bonds is 8. The van der Waals surface area contributed by atoms with Gasteiger partial charge in [-0.25, -0.2) is 4.68 Å². The molecule has 0 aliphatic heterocycles. The lowest BCUT2D eigenvalue weighted by Crippen LogP contribution is -2.39. The van der Waals surface area contributed by atoms with E-state index >= 15 is 0 Å². The van der Waals surface area contributed by atoms with Crippen LogP contribution in [0.1, 0.15) is 22.4 Å². The van der Waals surface area contributed by atoms with Gasteiger partial charge in [0, 0.05) is 17.3 Å². The molecular weight excluding hydrogens is 554 g/mol. The average Bonchev–Trinajstić information content (AvgIpc) is 3.60. The van der Waals surface area contributed by atoms with Crippen molar-refractivity contribution in [3.05, 3.63) is 174 Å². The van der Waals surface area contributed by atoms with Crippen LogP contribution < -0.4 is 4.74 Å². The van der Waals surface area contributed by atoms with E-state index in [-0.39, 0.29) is 0 Å². The molecule has 6 nitrogen and oxygen atoms in total. The van der Waals surface area contributed by atoms with Crippen LogP contribution in [0.5, 0.6) is 5.75 Å². The fourth-order valence-corrected chi connectivity index (χ4v) is 6.28. The van der Waals surface area contributed by atoms with Gasteiger partial charge in [-0.15, -0.1) is 5.10 Å². The van der Waals surface area contributed by atoms with Gasteiger partial charge in [0.2, 0.25) is 0 Å². The molecule has 0 bridgehead atoms. The zero-order chi connectivity index (χ0) is 30.6. The number of aryl methyl sites for hydroxylation is 1. The van der Waals surface area contributed by atoms with Crippen LogP contribution in [-0.4, -0.2) is 32.3 Å². The molecule has 0 saturated heterocycles. The molecule has 0 radical (unpaired) electrons. The number of methoxy groups -OCH3 is 1. The van der Waals surface area contributed by atoms with E-state index in [4.69, 9.17) is 15.0 Å².